The summed E-state index contributed by atoms with van der Waals surface area (Å²) < 4.78 is 0. The predicted molar refractivity (Wildman–Crippen MR) is 126 cm³/mol. The number of amides is 1. The van der Waals surface area contributed by atoms with E-state index in [0.29, 0.717) is 11.5 Å². The molecule has 0 aliphatic carbocycles. The molecule has 0 fully saturated rings. The molecule has 0 aromatic heterocycles. The van der Waals surface area contributed by atoms with Gasteiger partial charge in [-0.25, -0.2) is 0 Å². The van der Waals surface area contributed by atoms with Crippen LogP contribution in [0, 0.1) is 6.07 Å². The molecule has 0 bridgehead atoms. The van der Waals surface area contributed by atoms with Gasteiger partial charge in [0.05, 0.1) is 5.56 Å². The van der Waals surface area contributed by atoms with Crippen molar-refractivity contribution in [3.63, 3.8) is 0 Å². The average molecular weight is 401 g/mol. The van der Waals surface area contributed by atoms with E-state index in [1.165, 1.54) is 96.3 Å². The van der Waals surface area contributed by atoms with Crippen LogP contribution in [0.3, 0.4) is 0 Å². The van der Waals surface area contributed by atoms with Crippen LogP contribution in [0.5, 0.6) is 0 Å². The Balaban J connectivity index is 2.01. The van der Waals surface area contributed by atoms with Crippen LogP contribution in [-0.2, 0) is 0 Å². The summed E-state index contributed by atoms with van der Waals surface area (Å²) in [6, 6.07) is 8.83. The Labute approximate surface area is 181 Å². The van der Waals surface area contributed by atoms with E-state index in [9.17, 15) is 4.79 Å². The van der Waals surface area contributed by atoms with Gasteiger partial charge in [-0.3, -0.25) is 4.79 Å². The van der Waals surface area contributed by atoms with Gasteiger partial charge in [-0.05, 0) is 30.4 Å². The topological polar surface area (TPSA) is 43.1 Å². The van der Waals surface area contributed by atoms with E-state index >= 15 is 0 Å². The Morgan fingerprint density at radius 1 is 0.828 bits per heavy atom. The smallest absolute Gasteiger partial charge is 0.249 e. The second-order valence-electron chi connectivity index (χ2n) is 8.71. The molecule has 2 heteroatoms. The van der Waals surface area contributed by atoms with Crippen molar-refractivity contribution in [2.75, 3.05) is 0 Å². The molecule has 165 valence electrons. The fourth-order valence-electron chi connectivity index (χ4n) is 4.35. The molecule has 0 aliphatic rings. The van der Waals surface area contributed by atoms with Crippen molar-refractivity contribution >= 4 is 5.91 Å². The monoisotopic (exact) mass is 400 g/mol. The summed E-state index contributed by atoms with van der Waals surface area (Å²) in [6.45, 7) is 4.49. The molecule has 2 N–H and O–H groups in total. The number of hydrogen-bond acceptors (Lipinski definition) is 1. The lowest BCUT2D eigenvalue weighted by molar-refractivity contribution is 0.0998. The lowest BCUT2D eigenvalue weighted by Gasteiger charge is -2.17. The molecule has 0 saturated heterocycles. The zero-order chi connectivity index (χ0) is 21.2. The van der Waals surface area contributed by atoms with Crippen LogP contribution >= 0.6 is 0 Å². The zero-order valence-corrected chi connectivity index (χ0v) is 19.3. The number of carbonyl (C=O) groups excluding carboxylic acids is 1. The number of primary amides is 1. The lowest BCUT2D eigenvalue weighted by Crippen LogP contribution is -2.15. The molecular weight excluding hydrogens is 354 g/mol. The van der Waals surface area contributed by atoms with Crippen LogP contribution in [0.15, 0.2) is 18.2 Å². The minimum Gasteiger partial charge on any atom is -0.366 e. The van der Waals surface area contributed by atoms with Gasteiger partial charge >= 0.3 is 0 Å². The molecule has 1 aromatic rings. The van der Waals surface area contributed by atoms with E-state index in [2.05, 4.69) is 26.0 Å². The first-order valence-corrected chi connectivity index (χ1v) is 12.5. The van der Waals surface area contributed by atoms with Gasteiger partial charge in [0.1, 0.15) is 0 Å². The highest BCUT2D eigenvalue weighted by Crippen LogP contribution is 2.28. The fourth-order valence-corrected chi connectivity index (χ4v) is 4.35. The van der Waals surface area contributed by atoms with E-state index in [1.54, 1.807) is 6.07 Å². The molecule has 0 heterocycles. The molecule has 0 saturated carbocycles. The zero-order valence-electron chi connectivity index (χ0n) is 19.3. The van der Waals surface area contributed by atoms with E-state index in [0.717, 1.165) is 18.4 Å². The SMILES string of the molecule is CCCCCCCCCCCCCCCCCC(CC)c1ccc[c]c1C(N)=O. The Kier molecular flexibility index (Phi) is 15.6. The van der Waals surface area contributed by atoms with Crippen molar-refractivity contribution in [2.45, 2.75) is 129 Å². The molecule has 1 radical (unpaired) electrons. The van der Waals surface area contributed by atoms with E-state index in [1.807, 2.05) is 6.07 Å². The van der Waals surface area contributed by atoms with Gasteiger partial charge in [-0.1, -0.05) is 128 Å². The van der Waals surface area contributed by atoms with E-state index < -0.39 is 0 Å². The van der Waals surface area contributed by atoms with E-state index in [-0.39, 0.29) is 5.91 Å². The Hall–Kier alpha value is -1.31. The summed E-state index contributed by atoms with van der Waals surface area (Å²) in [5.74, 6) is 0.0764. The third-order valence-electron chi connectivity index (χ3n) is 6.22. The molecule has 29 heavy (non-hydrogen) atoms. The molecule has 0 spiro atoms. The molecule has 0 aliphatic heterocycles. The van der Waals surface area contributed by atoms with Crippen molar-refractivity contribution in [3.05, 3.63) is 35.4 Å². The first kappa shape index (κ1) is 25.7. The second kappa shape index (κ2) is 17.5. The first-order valence-electron chi connectivity index (χ1n) is 12.5. The number of carbonyl (C=O) groups is 1. The molecular formula is C27H46NO. The van der Waals surface area contributed by atoms with Crippen LogP contribution in [-0.4, -0.2) is 5.91 Å². The number of unbranched alkanes of at least 4 members (excludes halogenated alkanes) is 14. The van der Waals surface area contributed by atoms with Crippen LogP contribution in [0.2, 0.25) is 0 Å². The van der Waals surface area contributed by atoms with E-state index in [4.69, 9.17) is 5.73 Å². The number of rotatable bonds is 19. The van der Waals surface area contributed by atoms with Gasteiger partial charge in [0.15, 0.2) is 0 Å². The highest BCUT2D eigenvalue weighted by molar-refractivity contribution is 5.94. The summed E-state index contributed by atoms with van der Waals surface area (Å²) in [7, 11) is 0. The number of hydrogen-bond donors (Lipinski definition) is 1. The Morgan fingerprint density at radius 3 is 1.76 bits per heavy atom. The van der Waals surface area contributed by atoms with Gasteiger partial charge in [0.25, 0.3) is 0 Å². The van der Waals surface area contributed by atoms with Crippen molar-refractivity contribution < 1.29 is 4.79 Å². The first-order chi connectivity index (χ1) is 14.2. The maximum atomic E-state index is 11.6. The fraction of sp³-hybridized carbons (Fsp3) is 0.741. The summed E-state index contributed by atoms with van der Waals surface area (Å²) in [5.41, 5.74) is 7.20. The van der Waals surface area contributed by atoms with Crippen molar-refractivity contribution in [3.8, 4) is 0 Å². The molecule has 1 rings (SSSR count). The Morgan fingerprint density at radius 2 is 1.31 bits per heavy atom. The van der Waals surface area contributed by atoms with Gasteiger partial charge in [0.2, 0.25) is 5.91 Å². The number of benzene rings is 1. The quantitative estimate of drug-likeness (QED) is 0.233. The van der Waals surface area contributed by atoms with Crippen LogP contribution in [0.4, 0.5) is 0 Å². The normalized spacial score (nSPS) is 12.2. The summed E-state index contributed by atoms with van der Waals surface area (Å²) in [4.78, 5) is 11.6. The minimum absolute atomic E-state index is 0.351. The van der Waals surface area contributed by atoms with Crippen molar-refractivity contribution in [1.82, 2.24) is 0 Å². The molecule has 1 aromatic carbocycles. The maximum Gasteiger partial charge on any atom is 0.249 e. The Bertz CT molecular complexity index is 525. The maximum absolute atomic E-state index is 11.6. The standard InChI is InChI=1S/C27H46NO/c1-3-5-6-7-8-9-10-11-12-13-14-15-16-17-18-21-24(4-2)25-22-19-20-23-26(25)27(28)29/h19-20,22,24H,3-18,21H2,1-2H3,(H2,28,29). The largest absolute Gasteiger partial charge is 0.366 e. The summed E-state index contributed by atoms with van der Waals surface area (Å²) in [5, 5.41) is 0. The minimum atomic E-state index is -0.351. The van der Waals surface area contributed by atoms with Crippen molar-refractivity contribution in [1.29, 1.82) is 0 Å². The number of nitrogens with two attached hydrogens (primary N) is 1. The molecule has 1 atom stereocenters. The van der Waals surface area contributed by atoms with Crippen LogP contribution < -0.4 is 5.73 Å². The third-order valence-corrected chi connectivity index (χ3v) is 6.22. The summed E-state index contributed by atoms with van der Waals surface area (Å²) in [6.07, 6.45) is 23.1. The summed E-state index contributed by atoms with van der Waals surface area (Å²) >= 11 is 0. The molecule has 2 nitrogen and oxygen atoms in total. The van der Waals surface area contributed by atoms with Crippen LogP contribution in [0.25, 0.3) is 0 Å². The van der Waals surface area contributed by atoms with Crippen LogP contribution in [0.1, 0.15) is 145 Å². The van der Waals surface area contributed by atoms with Gasteiger partial charge in [-0.2, -0.15) is 0 Å². The lowest BCUT2D eigenvalue weighted by atomic mass is 9.87. The molecule has 1 amide bonds. The average Bonchev–Trinajstić information content (AvgIpc) is 2.73. The predicted octanol–water partition coefficient (Wildman–Crippen LogP) is 8.34. The van der Waals surface area contributed by atoms with Gasteiger partial charge < -0.3 is 5.73 Å². The van der Waals surface area contributed by atoms with Crippen molar-refractivity contribution in [2.24, 2.45) is 5.73 Å². The highest BCUT2D eigenvalue weighted by Gasteiger charge is 2.16. The second-order valence-corrected chi connectivity index (χ2v) is 8.71. The molecule has 1 unspecified atom stereocenters. The third kappa shape index (κ3) is 12.1. The highest BCUT2D eigenvalue weighted by atomic mass is 16.1. The van der Waals surface area contributed by atoms with Gasteiger partial charge in [-0.15, -0.1) is 0 Å². The van der Waals surface area contributed by atoms with Gasteiger partial charge in [0, 0.05) is 0 Å².